The smallest absolute Gasteiger partial charge is 0.354 e. The Bertz CT molecular complexity index is 450. The predicted molar refractivity (Wildman–Crippen MR) is 51.0 cm³/mol. The fourth-order valence-electron chi connectivity index (χ4n) is 1.52. The minimum Gasteiger partial charge on any atom is -0.381 e. The first-order chi connectivity index (χ1) is 6.68. The van der Waals surface area contributed by atoms with Crippen LogP contribution in [-0.2, 0) is 0 Å². The number of rotatable bonds is 1. The van der Waals surface area contributed by atoms with Gasteiger partial charge in [0.1, 0.15) is 0 Å². The number of anilines is 1. The molecule has 2 N–H and O–H groups in total. The maximum absolute atomic E-state index is 13.0. The molecule has 0 atom stereocenters. The molecule has 0 amide bonds. The molecule has 0 aromatic carbocycles. The molecule has 1 heterocycles. The molecule has 74 valence electrons. The van der Waals surface area contributed by atoms with E-state index in [-0.39, 0.29) is 5.82 Å². The molecule has 2 rings (SSSR count). The number of nitrogens with zero attached hydrogens (tertiary/aromatic N) is 2. The highest BCUT2D eigenvalue weighted by Gasteiger charge is 2.11. The Morgan fingerprint density at radius 3 is 3.00 bits per heavy atom. The zero-order valence-corrected chi connectivity index (χ0v) is 7.53. The van der Waals surface area contributed by atoms with Crippen molar-refractivity contribution in [2.24, 2.45) is 0 Å². The highest BCUT2D eigenvalue weighted by molar-refractivity contribution is 5.48. The topological polar surface area (TPSA) is 60.9 Å². The van der Waals surface area contributed by atoms with E-state index >= 15 is 0 Å². The molecule has 0 saturated carbocycles. The van der Waals surface area contributed by atoms with E-state index in [4.69, 9.17) is 5.73 Å². The van der Waals surface area contributed by atoms with E-state index in [0.29, 0.717) is 0 Å². The van der Waals surface area contributed by atoms with Crippen molar-refractivity contribution in [2.75, 3.05) is 5.73 Å². The third-order valence-electron chi connectivity index (χ3n) is 2.24. The normalized spacial score (nSPS) is 15.6. The summed E-state index contributed by atoms with van der Waals surface area (Å²) in [5.41, 5.74) is 5.46. The third kappa shape index (κ3) is 1.41. The van der Waals surface area contributed by atoms with Gasteiger partial charge in [-0.2, -0.15) is 4.98 Å². The van der Waals surface area contributed by atoms with Crippen LogP contribution in [0.1, 0.15) is 19.3 Å². The van der Waals surface area contributed by atoms with Gasteiger partial charge in [-0.1, -0.05) is 6.08 Å². The summed E-state index contributed by atoms with van der Waals surface area (Å²) < 4.78 is 14.3. The van der Waals surface area contributed by atoms with Crippen molar-refractivity contribution in [3.8, 4) is 0 Å². The second kappa shape index (κ2) is 3.25. The van der Waals surface area contributed by atoms with Crippen LogP contribution in [0, 0.1) is 5.82 Å². The number of hydrogen-bond donors (Lipinski definition) is 1. The molecular weight excluding hydrogens is 185 g/mol. The molecular formula is C9H10FN3O. The van der Waals surface area contributed by atoms with Crippen molar-refractivity contribution in [1.82, 2.24) is 9.55 Å². The summed E-state index contributed by atoms with van der Waals surface area (Å²) in [7, 11) is 0. The van der Waals surface area contributed by atoms with Gasteiger partial charge in [0, 0.05) is 5.70 Å². The van der Waals surface area contributed by atoms with Gasteiger partial charge in [0.2, 0.25) is 0 Å². The first kappa shape index (κ1) is 8.93. The number of nitrogen functional groups attached to an aromatic ring is 1. The van der Waals surface area contributed by atoms with Gasteiger partial charge in [-0.05, 0) is 19.3 Å². The Hall–Kier alpha value is -1.65. The molecule has 1 aliphatic carbocycles. The molecule has 1 aliphatic rings. The lowest BCUT2D eigenvalue weighted by Gasteiger charge is -2.05. The Morgan fingerprint density at radius 2 is 2.36 bits per heavy atom. The summed E-state index contributed by atoms with van der Waals surface area (Å²) in [6.07, 6.45) is 5.72. The molecule has 0 bridgehead atoms. The predicted octanol–water partition coefficient (Wildman–Crippen LogP) is 0.989. The van der Waals surface area contributed by atoms with Crippen molar-refractivity contribution in [3.05, 3.63) is 28.6 Å². The van der Waals surface area contributed by atoms with E-state index in [0.717, 1.165) is 31.2 Å². The standard InChI is InChI=1S/C9H10FN3O/c10-7-5-13(6-3-1-2-4-6)9(14)12-8(7)11/h3,5H,1-2,4H2,(H2,11,12,14). The molecule has 14 heavy (non-hydrogen) atoms. The number of halogens is 1. The molecule has 0 spiro atoms. The molecule has 0 saturated heterocycles. The average molecular weight is 195 g/mol. The Kier molecular flexibility index (Phi) is 2.07. The summed E-state index contributed by atoms with van der Waals surface area (Å²) >= 11 is 0. The fourth-order valence-corrected chi connectivity index (χ4v) is 1.52. The second-order valence-corrected chi connectivity index (χ2v) is 3.21. The van der Waals surface area contributed by atoms with Crippen LogP contribution in [0.25, 0.3) is 5.70 Å². The highest BCUT2D eigenvalue weighted by Crippen LogP contribution is 2.20. The maximum Gasteiger partial charge on any atom is 0.354 e. The minimum atomic E-state index is -0.655. The van der Waals surface area contributed by atoms with Gasteiger partial charge in [-0.3, -0.25) is 4.57 Å². The van der Waals surface area contributed by atoms with Gasteiger partial charge >= 0.3 is 5.69 Å². The lowest BCUT2D eigenvalue weighted by molar-refractivity contribution is 0.607. The van der Waals surface area contributed by atoms with E-state index in [2.05, 4.69) is 4.98 Å². The first-order valence-electron chi connectivity index (χ1n) is 4.42. The Labute approximate surface area is 79.9 Å². The average Bonchev–Trinajstić information content (AvgIpc) is 2.64. The molecule has 4 nitrogen and oxygen atoms in total. The lowest BCUT2D eigenvalue weighted by atomic mass is 10.3. The van der Waals surface area contributed by atoms with Crippen LogP contribution in [0.2, 0.25) is 0 Å². The molecule has 1 aromatic heterocycles. The van der Waals surface area contributed by atoms with Crippen molar-refractivity contribution in [1.29, 1.82) is 0 Å². The van der Waals surface area contributed by atoms with Gasteiger partial charge in [-0.15, -0.1) is 0 Å². The van der Waals surface area contributed by atoms with E-state index in [9.17, 15) is 9.18 Å². The van der Waals surface area contributed by atoms with Crippen molar-refractivity contribution in [2.45, 2.75) is 19.3 Å². The van der Waals surface area contributed by atoms with Crippen LogP contribution in [0.15, 0.2) is 17.1 Å². The summed E-state index contributed by atoms with van der Waals surface area (Å²) in [4.78, 5) is 14.7. The summed E-state index contributed by atoms with van der Waals surface area (Å²) in [6, 6.07) is 0. The molecule has 0 radical (unpaired) electrons. The van der Waals surface area contributed by atoms with Gasteiger partial charge in [0.05, 0.1) is 6.20 Å². The van der Waals surface area contributed by atoms with Crippen LogP contribution in [0.3, 0.4) is 0 Å². The van der Waals surface area contributed by atoms with Gasteiger partial charge in [-0.25, -0.2) is 9.18 Å². The quantitative estimate of drug-likeness (QED) is 0.726. The maximum atomic E-state index is 13.0. The molecule has 1 aromatic rings. The zero-order valence-electron chi connectivity index (χ0n) is 7.53. The van der Waals surface area contributed by atoms with E-state index in [1.807, 2.05) is 6.08 Å². The third-order valence-corrected chi connectivity index (χ3v) is 2.24. The molecule has 0 unspecified atom stereocenters. The number of aromatic nitrogens is 2. The number of allylic oxidation sites excluding steroid dienone is 2. The van der Waals surface area contributed by atoms with Crippen molar-refractivity contribution >= 4 is 11.5 Å². The lowest BCUT2D eigenvalue weighted by Crippen LogP contribution is -2.23. The summed E-state index contributed by atoms with van der Waals surface area (Å²) in [5.74, 6) is -0.998. The molecule has 5 heteroatoms. The highest BCUT2D eigenvalue weighted by atomic mass is 19.1. The van der Waals surface area contributed by atoms with Crippen LogP contribution < -0.4 is 11.4 Å². The van der Waals surface area contributed by atoms with E-state index in [1.165, 1.54) is 4.57 Å². The monoisotopic (exact) mass is 195 g/mol. The summed E-state index contributed by atoms with van der Waals surface area (Å²) in [6.45, 7) is 0. The molecule has 0 fully saturated rings. The number of nitrogens with two attached hydrogens (primary N) is 1. The fraction of sp³-hybridized carbons (Fsp3) is 0.333. The van der Waals surface area contributed by atoms with Crippen LogP contribution in [-0.4, -0.2) is 9.55 Å². The van der Waals surface area contributed by atoms with Gasteiger partial charge in [0.25, 0.3) is 0 Å². The van der Waals surface area contributed by atoms with E-state index < -0.39 is 11.5 Å². The SMILES string of the molecule is Nc1nc(=O)n(C2=CCCC2)cc1F. The van der Waals surface area contributed by atoms with Crippen molar-refractivity contribution in [3.63, 3.8) is 0 Å². The number of hydrogen-bond acceptors (Lipinski definition) is 3. The van der Waals surface area contributed by atoms with Crippen LogP contribution in [0.5, 0.6) is 0 Å². The van der Waals surface area contributed by atoms with Crippen LogP contribution >= 0.6 is 0 Å². The van der Waals surface area contributed by atoms with Gasteiger partial charge < -0.3 is 5.73 Å². The van der Waals surface area contributed by atoms with Gasteiger partial charge in [0.15, 0.2) is 11.6 Å². The minimum absolute atomic E-state index is 0.343. The van der Waals surface area contributed by atoms with Crippen molar-refractivity contribution < 1.29 is 4.39 Å². The largest absolute Gasteiger partial charge is 0.381 e. The Morgan fingerprint density at radius 1 is 1.57 bits per heavy atom. The summed E-state index contributed by atoms with van der Waals surface area (Å²) in [5, 5.41) is 0. The molecule has 0 aliphatic heterocycles. The second-order valence-electron chi connectivity index (χ2n) is 3.21. The van der Waals surface area contributed by atoms with E-state index in [1.54, 1.807) is 0 Å². The Balaban J connectivity index is 2.53. The first-order valence-corrected chi connectivity index (χ1v) is 4.42. The zero-order chi connectivity index (χ0) is 10.1. The van der Waals surface area contributed by atoms with Crippen LogP contribution in [0.4, 0.5) is 10.2 Å².